The molecule has 0 radical (unpaired) electrons. The minimum Gasteiger partial charge on any atom is -0.349 e. The van der Waals surface area contributed by atoms with E-state index in [4.69, 9.17) is 0 Å². The molecule has 2 amide bonds. The number of hydrogen-bond donors (Lipinski definition) is 2. The van der Waals surface area contributed by atoms with E-state index in [1.807, 2.05) is 31.4 Å². The first kappa shape index (κ1) is 24.0. The lowest BCUT2D eigenvalue weighted by Gasteiger charge is -2.22. The molecule has 0 spiro atoms. The maximum Gasteiger partial charge on any atom is 0.251 e. The zero-order chi connectivity index (χ0) is 22.3. The van der Waals surface area contributed by atoms with Crippen molar-refractivity contribution in [2.24, 2.45) is 5.92 Å². The van der Waals surface area contributed by atoms with Crippen LogP contribution in [0, 0.1) is 5.92 Å². The van der Waals surface area contributed by atoms with Gasteiger partial charge in [-0.15, -0.1) is 11.3 Å². The number of amides is 2. The molecular formula is C21H29N3O4S2. The van der Waals surface area contributed by atoms with Crippen LogP contribution < -0.4 is 10.6 Å². The molecule has 0 aliphatic carbocycles. The van der Waals surface area contributed by atoms with Crippen molar-refractivity contribution in [2.75, 3.05) is 13.1 Å². The van der Waals surface area contributed by atoms with Crippen LogP contribution in [0.4, 0.5) is 0 Å². The van der Waals surface area contributed by atoms with E-state index >= 15 is 0 Å². The van der Waals surface area contributed by atoms with Crippen LogP contribution in [0.25, 0.3) is 0 Å². The van der Waals surface area contributed by atoms with Crippen molar-refractivity contribution >= 4 is 33.2 Å². The number of nitrogens with zero attached hydrogens (tertiary/aromatic N) is 1. The molecule has 0 aliphatic rings. The summed E-state index contributed by atoms with van der Waals surface area (Å²) in [5, 5.41) is 7.52. The van der Waals surface area contributed by atoms with Crippen molar-refractivity contribution in [1.29, 1.82) is 0 Å². The molecule has 2 aromatic rings. The number of benzene rings is 1. The normalized spacial score (nSPS) is 12.7. The number of carbonyl (C=O) groups excluding carboxylic acids is 2. The highest BCUT2D eigenvalue weighted by Crippen LogP contribution is 2.17. The fourth-order valence-corrected chi connectivity index (χ4v) is 5.12. The lowest BCUT2D eigenvalue weighted by molar-refractivity contribution is -0.124. The number of thiophene rings is 1. The van der Waals surface area contributed by atoms with Gasteiger partial charge in [0, 0.05) is 23.5 Å². The molecule has 0 fully saturated rings. The number of sulfonamides is 1. The highest BCUT2D eigenvalue weighted by Gasteiger charge is 2.26. The molecule has 0 bridgehead atoms. The van der Waals surface area contributed by atoms with E-state index in [0.29, 0.717) is 19.6 Å². The molecule has 1 atom stereocenters. The van der Waals surface area contributed by atoms with Crippen LogP contribution in [0.2, 0.25) is 0 Å². The highest BCUT2D eigenvalue weighted by molar-refractivity contribution is 7.89. The van der Waals surface area contributed by atoms with Gasteiger partial charge in [-0.3, -0.25) is 9.59 Å². The number of carbonyl (C=O) groups is 2. The summed E-state index contributed by atoms with van der Waals surface area (Å²) in [7, 11) is -3.68. The van der Waals surface area contributed by atoms with Gasteiger partial charge in [-0.1, -0.05) is 39.8 Å². The van der Waals surface area contributed by atoms with Crippen molar-refractivity contribution in [3.63, 3.8) is 0 Å². The maximum absolute atomic E-state index is 12.8. The lowest BCUT2D eigenvalue weighted by Crippen LogP contribution is -2.49. The topological polar surface area (TPSA) is 95.6 Å². The lowest BCUT2D eigenvalue weighted by atomic mass is 10.0. The summed E-state index contributed by atoms with van der Waals surface area (Å²) in [6.07, 6.45) is 0. The number of rotatable bonds is 10. The second kappa shape index (κ2) is 10.7. The quantitative estimate of drug-likeness (QED) is 0.581. The molecule has 2 N–H and O–H groups in total. The van der Waals surface area contributed by atoms with Gasteiger partial charge in [-0.2, -0.15) is 4.31 Å². The van der Waals surface area contributed by atoms with Crippen LogP contribution in [0.1, 0.15) is 42.9 Å². The highest BCUT2D eigenvalue weighted by atomic mass is 32.2. The van der Waals surface area contributed by atoms with Crippen molar-refractivity contribution in [3.8, 4) is 0 Å². The molecular weight excluding hydrogens is 422 g/mol. The summed E-state index contributed by atoms with van der Waals surface area (Å²) in [6.45, 7) is 8.30. The largest absolute Gasteiger partial charge is 0.349 e. The van der Waals surface area contributed by atoms with Crippen molar-refractivity contribution in [1.82, 2.24) is 14.9 Å². The number of hydrogen-bond acceptors (Lipinski definition) is 5. The second-order valence-corrected chi connectivity index (χ2v) is 10.1. The first-order valence-electron chi connectivity index (χ1n) is 9.91. The van der Waals surface area contributed by atoms with Crippen LogP contribution in [0.3, 0.4) is 0 Å². The van der Waals surface area contributed by atoms with Crippen molar-refractivity contribution < 1.29 is 18.0 Å². The van der Waals surface area contributed by atoms with Gasteiger partial charge in [0.2, 0.25) is 15.9 Å². The van der Waals surface area contributed by atoms with Crippen molar-refractivity contribution in [3.05, 3.63) is 52.2 Å². The van der Waals surface area contributed by atoms with Crippen molar-refractivity contribution in [2.45, 2.75) is 45.2 Å². The van der Waals surface area contributed by atoms with Crippen LogP contribution in [0.5, 0.6) is 0 Å². The molecule has 7 nitrogen and oxygen atoms in total. The predicted molar refractivity (Wildman–Crippen MR) is 119 cm³/mol. The van der Waals surface area contributed by atoms with Crippen LogP contribution in [-0.2, 0) is 21.4 Å². The molecule has 1 aromatic carbocycles. The van der Waals surface area contributed by atoms with Gasteiger partial charge in [0.05, 0.1) is 11.4 Å². The van der Waals surface area contributed by atoms with Gasteiger partial charge in [0.1, 0.15) is 6.04 Å². The Morgan fingerprint density at radius 3 is 2.37 bits per heavy atom. The van der Waals surface area contributed by atoms with Gasteiger partial charge >= 0.3 is 0 Å². The third-order valence-electron chi connectivity index (χ3n) is 4.69. The summed E-state index contributed by atoms with van der Waals surface area (Å²) >= 11 is 1.54. The Labute approximate surface area is 182 Å². The van der Waals surface area contributed by atoms with E-state index in [0.717, 1.165) is 4.88 Å². The summed E-state index contributed by atoms with van der Waals surface area (Å²) in [5.74, 6) is -0.907. The maximum atomic E-state index is 12.8. The molecule has 1 aromatic heterocycles. The van der Waals surface area contributed by atoms with E-state index in [9.17, 15) is 18.0 Å². The van der Waals surface area contributed by atoms with Crippen LogP contribution in [0.15, 0.2) is 46.7 Å². The summed E-state index contributed by atoms with van der Waals surface area (Å²) in [6, 6.07) is 9.00. The van der Waals surface area contributed by atoms with E-state index in [1.54, 1.807) is 25.2 Å². The third-order valence-corrected chi connectivity index (χ3v) is 7.61. The Hall–Kier alpha value is -2.23. The van der Waals surface area contributed by atoms with E-state index < -0.39 is 22.0 Å². The minimum atomic E-state index is -3.68. The molecule has 9 heteroatoms. The zero-order valence-corrected chi connectivity index (χ0v) is 19.3. The molecule has 30 heavy (non-hydrogen) atoms. The first-order valence-corrected chi connectivity index (χ1v) is 12.2. The van der Waals surface area contributed by atoms with E-state index in [-0.39, 0.29) is 22.3 Å². The molecule has 2 rings (SSSR count). The fraction of sp³-hybridized carbons (Fsp3) is 0.429. The predicted octanol–water partition coefficient (Wildman–Crippen LogP) is 2.85. The Morgan fingerprint density at radius 2 is 1.80 bits per heavy atom. The minimum absolute atomic E-state index is 0.0575. The number of nitrogens with one attached hydrogen (secondary N) is 2. The Bertz CT molecular complexity index is 952. The Kier molecular flexibility index (Phi) is 8.57. The first-order chi connectivity index (χ1) is 14.2. The van der Waals surface area contributed by atoms with Gasteiger partial charge in [-0.25, -0.2) is 8.42 Å². The molecule has 1 heterocycles. The van der Waals surface area contributed by atoms with Crippen LogP contribution >= 0.6 is 11.3 Å². The molecule has 0 saturated heterocycles. The second-order valence-electron chi connectivity index (χ2n) is 7.11. The standard InChI is InChI=1S/C21H29N3O4S2/c1-5-24(6-2)30(27,28)18-11-7-9-16(13-18)20(25)23-19(15(3)4)21(26)22-14-17-10-8-12-29-17/h7-13,15,19H,5-6,14H2,1-4H3,(H,22,26)(H,23,25)/t19-/m1/s1. The van der Waals surface area contributed by atoms with Gasteiger partial charge in [0.25, 0.3) is 5.91 Å². The van der Waals surface area contributed by atoms with E-state index in [2.05, 4.69) is 10.6 Å². The monoisotopic (exact) mass is 451 g/mol. The van der Waals surface area contributed by atoms with Gasteiger partial charge in [0.15, 0.2) is 0 Å². The summed E-state index contributed by atoms with van der Waals surface area (Å²) in [4.78, 5) is 26.5. The molecule has 0 aliphatic heterocycles. The van der Waals surface area contributed by atoms with Gasteiger partial charge < -0.3 is 10.6 Å². The average Bonchev–Trinajstić information content (AvgIpc) is 3.24. The Morgan fingerprint density at radius 1 is 1.10 bits per heavy atom. The molecule has 0 saturated carbocycles. The zero-order valence-electron chi connectivity index (χ0n) is 17.7. The van der Waals surface area contributed by atoms with Crippen LogP contribution in [-0.4, -0.2) is 43.7 Å². The molecule has 0 unspecified atom stereocenters. The smallest absolute Gasteiger partial charge is 0.251 e. The average molecular weight is 452 g/mol. The fourth-order valence-electron chi connectivity index (χ4n) is 2.97. The summed E-state index contributed by atoms with van der Waals surface area (Å²) < 4.78 is 26.8. The van der Waals surface area contributed by atoms with E-state index in [1.165, 1.54) is 28.6 Å². The molecule has 164 valence electrons. The summed E-state index contributed by atoms with van der Waals surface area (Å²) in [5.41, 5.74) is 0.194. The SMILES string of the molecule is CCN(CC)S(=O)(=O)c1cccc(C(=O)N[C@@H](C(=O)NCc2cccs2)C(C)C)c1. The van der Waals surface area contributed by atoms with Gasteiger partial charge in [-0.05, 0) is 35.6 Å². The Balaban J connectivity index is 2.15. The third kappa shape index (κ3) is 5.90.